The minimum atomic E-state index is -1.10. The van der Waals surface area contributed by atoms with Gasteiger partial charge in [0.15, 0.2) is 0 Å². The number of carboxylic acids is 1. The van der Waals surface area contributed by atoms with Gasteiger partial charge in [-0.2, -0.15) is 4.98 Å². The number of aromatic hydroxyl groups is 1. The number of anilines is 1. The van der Waals surface area contributed by atoms with Gasteiger partial charge in [0.05, 0.1) is 12.5 Å². The van der Waals surface area contributed by atoms with Gasteiger partial charge in [-0.15, -0.1) is 0 Å². The summed E-state index contributed by atoms with van der Waals surface area (Å²) in [5.74, 6) is -2.47. The summed E-state index contributed by atoms with van der Waals surface area (Å²) < 4.78 is 0. The molecule has 86 valence electrons. The zero-order valence-electron chi connectivity index (χ0n) is 8.06. The van der Waals surface area contributed by atoms with Gasteiger partial charge in [0.2, 0.25) is 17.7 Å². The standard InChI is InChI=1S/C8H9N3O5/c12-4(1-2-7(15)16)9-8-10-5(13)3-6(14)11-8/h3H,1-2H2,(H,15,16)(H3,9,10,11,12,13,14). The summed E-state index contributed by atoms with van der Waals surface area (Å²) in [5, 5.41) is 19.4. The number of H-pyrrole nitrogens is 1. The Bertz CT molecular complexity index is 467. The zero-order chi connectivity index (χ0) is 12.1. The van der Waals surface area contributed by atoms with Crippen LogP contribution >= 0.6 is 0 Å². The molecule has 0 atom stereocenters. The summed E-state index contributed by atoms with van der Waals surface area (Å²) in [5.41, 5.74) is -0.624. The number of aromatic nitrogens is 2. The van der Waals surface area contributed by atoms with E-state index in [4.69, 9.17) is 10.2 Å². The van der Waals surface area contributed by atoms with Crippen molar-refractivity contribution in [1.82, 2.24) is 9.97 Å². The number of carboxylic acid groups (broad SMARTS) is 1. The quantitative estimate of drug-likeness (QED) is 0.536. The van der Waals surface area contributed by atoms with Gasteiger partial charge in [0.1, 0.15) is 0 Å². The number of hydrogen-bond acceptors (Lipinski definition) is 5. The molecule has 1 aromatic rings. The van der Waals surface area contributed by atoms with Crippen molar-refractivity contribution >= 4 is 17.8 Å². The number of aromatic amines is 1. The second-order valence-electron chi connectivity index (χ2n) is 2.89. The minimum absolute atomic E-state index is 0.222. The lowest BCUT2D eigenvalue weighted by Crippen LogP contribution is -2.18. The Labute approximate surface area is 89.0 Å². The summed E-state index contributed by atoms with van der Waals surface area (Å²) in [6.07, 6.45) is -0.566. The molecule has 0 aliphatic rings. The molecule has 0 fully saturated rings. The molecule has 1 heterocycles. The Morgan fingerprint density at radius 3 is 2.69 bits per heavy atom. The van der Waals surface area contributed by atoms with Crippen molar-refractivity contribution in [1.29, 1.82) is 0 Å². The first-order valence-corrected chi connectivity index (χ1v) is 4.29. The van der Waals surface area contributed by atoms with Crippen molar-refractivity contribution in [2.75, 3.05) is 5.32 Å². The smallest absolute Gasteiger partial charge is 0.303 e. The van der Waals surface area contributed by atoms with Gasteiger partial charge in [-0.05, 0) is 0 Å². The molecule has 0 aliphatic heterocycles. The van der Waals surface area contributed by atoms with Crippen molar-refractivity contribution in [3.05, 3.63) is 16.4 Å². The number of nitrogens with one attached hydrogen (secondary N) is 2. The molecule has 0 radical (unpaired) electrons. The lowest BCUT2D eigenvalue weighted by Gasteiger charge is -2.02. The van der Waals surface area contributed by atoms with Crippen LogP contribution in [0.5, 0.6) is 5.88 Å². The Kier molecular flexibility index (Phi) is 3.59. The van der Waals surface area contributed by atoms with Crippen molar-refractivity contribution < 1.29 is 19.8 Å². The number of aliphatic carboxylic acids is 1. The van der Waals surface area contributed by atoms with E-state index in [1.807, 2.05) is 0 Å². The van der Waals surface area contributed by atoms with Crippen LogP contribution < -0.4 is 10.9 Å². The third kappa shape index (κ3) is 3.78. The van der Waals surface area contributed by atoms with Crippen LogP contribution in [0.2, 0.25) is 0 Å². The highest BCUT2D eigenvalue weighted by Gasteiger charge is 2.07. The molecule has 0 saturated heterocycles. The fourth-order valence-electron chi connectivity index (χ4n) is 0.919. The van der Waals surface area contributed by atoms with Gasteiger partial charge in [0, 0.05) is 6.42 Å². The summed E-state index contributed by atoms with van der Waals surface area (Å²) in [6.45, 7) is 0. The molecular formula is C8H9N3O5. The number of carbonyl (C=O) groups excluding carboxylic acids is 1. The monoisotopic (exact) mass is 227 g/mol. The maximum atomic E-state index is 11.1. The number of hydrogen-bond donors (Lipinski definition) is 4. The second kappa shape index (κ2) is 4.91. The van der Waals surface area contributed by atoms with E-state index < -0.39 is 23.3 Å². The first kappa shape index (κ1) is 11.7. The predicted octanol–water partition coefficient (Wildman–Crippen LogP) is -0.721. The maximum absolute atomic E-state index is 11.1. The summed E-state index contributed by atoms with van der Waals surface area (Å²) in [6, 6.07) is 0.840. The van der Waals surface area contributed by atoms with Gasteiger partial charge >= 0.3 is 5.97 Å². The molecule has 0 bridgehead atoms. The van der Waals surface area contributed by atoms with Gasteiger partial charge in [-0.1, -0.05) is 0 Å². The molecule has 1 amide bonds. The Morgan fingerprint density at radius 1 is 1.44 bits per heavy atom. The molecule has 8 heteroatoms. The number of carbonyl (C=O) groups is 2. The SMILES string of the molecule is O=C(O)CCC(=O)Nc1nc(O)cc(=O)[nH]1. The Balaban J connectivity index is 2.62. The first-order valence-electron chi connectivity index (χ1n) is 4.29. The number of rotatable bonds is 4. The molecule has 0 spiro atoms. The maximum Gasteiger partial charge on any atom is 0.303 e. The first-order chi connectivity index (χ1) is 7.47. The van der Waals surface area contributed by atoms with E-state index in [2.05, 4.69) is 15.3 Å². The van der Waals surface area contributed by atoms with Gasteiger partial charge < -0.3 is 10.2 Å². The van der Waals surface area contributed by atoms with E-state index in [1.165, 1.54) is 0 Å². The van der Waals surface area contributed by atoms with Crippen LogP contribution in [-0.4, -0.2) is 32.1 Å². The molecule has 1 rings (SSSR count). The van der Waals surface area contributed by atoms with Crippen molar-refractivity contribution in [2.45, 2.75) is 12.8 Å². The summed E-state index contributed by atoms with van der Waals surface area (Å²) in [7, 11) is 0. The summed E-state index contributed by atoms with van der Waals surface area (Å²) >= 11 is 0. The fourth-order valence-corrected chi connectivity index (χ4v) is 0.919. The average molecular weight is 227 g/mol. The van der Waals surface area contributed by atoms with Crippen LogP contribution in [0.4, 0.5) is 5.95 Å². The molecule has 0 unspecified atom stereocenters. The molecule has 0 aliphatic carbocycles. The van der Waals surface area contributed by atoms with E-state index in [0.717, 1.165) is 6.07 Å². The highest BCUT2D eigenvalue weighted by atomic mass is 16.4. The highest BCUT2D eigenvalue weighted by Crippen LogP contribution is 2.03. The molecule has 0 saturated carbocycles. The van der Waals surface area contributed by atoms with E-state index in [1.54, 1.807) is 0 Å². The fraction of sp³-hybridized carbons (Fsp3) is 0.250. The topological polar surface area (TPSA) is 132 Å². The molecule has 16 heavy (non-hydrogen) atoms. The Morgan fingerprint density at radius 2 is 2.12 bits per heavy atom. The van der Waals surface area contributed by atoms with Crippen LogP contribution in [0.1, 0.15) is 12.8 Å². The van der Waals surface area contributed by atoms with E-state index in [-0.39, 0.29) is 18.8 Å². The van der Waals surface area contributed by atoms with E-state index in [0.29, 0.717) is 0 Å². The molecular weight excluding hydrogens is 218 g/mol. The minimum Gasteiger partial charge on any atom is -0.493 e. The van der Waals surface area contributed by atoms with Crippen LogP contribution in [0.3, 0.4) is 0 Å². The lowest BCUT2D eigenvalue weighted by molar-refractivity contribution is -0.138. The molecule has 8 nitrogen and oxygen atoms in total. The largest absolute Gasteiger partial charge is 0.493 e. The highest BCUT2D eigenvalue weighted by molar-refractivity contribution is 5.90. The van der Waals surface area contributed by atoms with Gasteiger partial charge in [-0.25, -0.2) is 0 Å². The molecule has 4 N–H and O–H groups in total. The second-order valence-corrected chi connectivity index (χ2v) is 2.89. The normalized spacial score (nSPS) is 9.75. The van der Waals surface area contributed by atoms with Crippen LogP contribution in [0, 0.1) is 0 Å². The van der Waals surface area contributed by atoms with Crippen molar-refractivity contribution in [2.24, 2.45) is 0 Å². The van der Waals surface area contributed by atoms with E-state index >= 15 is 0 Å². The molecule has 1 aromatic heterocycles. The van der Waals surface area contributed by atoms with Crippen molar-refractivity contribution in [3.63, 3.8) is 0 Å². The number of nitrogens with zero attached hydrogens (tertiary/aromatic N) is 1. The predicted molar refractivity (Wildman–Crippen MR) is 52.0 cm³/mol. The zero-order valence-corrected chi connectivity index (χ0v) is 8.06. The Hall–Kier alpha value is -2.38. The average Bonchev–Trinajstić information content (AvgIpc) is 2.12. The lowest BCUT2D eigenvalue weighted by atomic mass is 10.3. The molecule has 0 aromatic carbocycles. The van der Waals surface area contributed by atoms with E-state index in [9.17, 15) is 14.4 Å². The van der Waals surface area contributed by atoms with Crippen LogP contribution in [-0.2, 0) is 9.59 Å². The van der Waals surface area contributed by atoms with Gasteiger partial charge in [0.25, 0.3) is 5.56 Å². The van der Waals surface area contributed by atoms with Crippen LogP contribution in [0.15, 0.2) is 10.9 Å². The summed E-state index contributed by atoms with van der Waals surface area (Å²) in [4.78, 5) is 37.7. The van der Waals surface area contributed by atoms with Crippen LogP contribution in [0.25, 0.3) is 0 Å². The third-order valence-corrected chi connectivity index (χ3v) is 1.55. The third-order valence-electron chi connectivity index (χ3n) is 1.55. The van der Waals surface area contributed by atoms with Gasteiger partial charge in [-0.3, -0.25) is 24.7 Å². The van der Waals surface area contributed by atoms with Crippen molar-refractivity contribution in [3.8, 4) is 5.88 Å². The number of amides is 1.